The van der Waals surface area contributed by atoms with Gasteiger partial charge in [0.25, 0.3) is 5.91 Å². The molecular weight excluding hydrogens is 591 g/mol. The Balaban J connectivity index is 1.40. The van der Waals surface area contributed by atoms with Crippen molar-refractivity contribution >= 4 is 61.9 Å². The summed E-state index contributed by atoms with van der Waals surface area (Å²) in [6.07, 6.45) is 0. The number of hydrogen-bond donors (Lipinski definition) is 2. The number of rotatable bonds is 10. The maximum atomic E-state index is 14.3. The van der Waals surface area contributed by atoms with Crippen molar-refractivity contribution in [3.63, 3.8) is 0 Å². The minimum Gasteiger partial charge on any atom is -0.497 e. The molecule has 210 valence electrons. The van der Waals surface area contributed by atoms with E-state index in [4.69, 9.17) is 21.1 Å². The molecule has 0 aliphatic carbocycles. The summed E-state index contributed by atoms with van der Waals surface area (Å²) in [5, 5.41) is 14.8. The third-order valence-corrected chi connectivity index (χ3v) is 7.99. The topological polar surface area (TPSA) is 120 Å². The van der Waals surface area contributed by atoms with Crippen LogP contribution in [0.4, 0.5) is 9.52 Å². The monoisotopic (exact) mass is 612 g/mol. The fourth-order valence-electron chi connectivity index (χ4n) is 3.90. The summed E-state index contributed by atoms with van der Waals surface area (Å²) in [7, 11) is 3.04. The van der Waals surface area contributed by atoms with Gasteiger partial charge in [-0.15, -0.1) is 10.2 Å². The number of ether oxygens (including phenoxy) is 2. The van der Waals surface area contributed by atoms with Crippen LogP contribution in [0.1, 0.15) is 16.2 Å². The number of nitrogens with one attached hydrogen (secondary N) is 2. The summed E-state index contributed by atoms with van der Waals surface area (Å²) >= 11 is 8.56. The molecule has 0 spiro atoms. The summed E-state index contributed by atoms with van der Waals surface area (Å²) in [6.45, 7) is -0.130. The van der Waals surface area contributed by atoms with Crippen molar-refractivity contribution in [2.24, 2.45) is 0 Å². The SMILES string of the molecule is COc1ccc(OC)c(-n2c(CNC(=O)c3c(F)cccc3Cl)nnc2SCC(=O)Nc2nc3ccccc3s2)c1. The molecule has 0 atom stereocenters. The van der Waals surface area contributed by atoms with E-state index in [0.29, 0.717) is 33.3 Å². The molecule has 0 saturated carbocycles. The van der Waals surface area contributed by atoms with E-state index in [1.54, 1.807) is 22.8 Å². The average molecular weight is 613 g/mol. The maximum absolute atomic E-state index is 14.3. The van der Waals surface area contributed by atoms with Gasteiger partial charge in [-0.1, -0.05) is 52.9 Å². The van der Waals surface area contributed by atoms with Crippen LogP contribution in [0.5, 0.6) is 11.5 Å². The second-order valence-corrected chi connectivity index (χ2v) is 10.8. The number of nitrogens with zero attached hydrogens (tertiary/aromatic N) is 4. The largest absolute Gasteiger partial charge is 0.497 e. The van der Waals surface area contributed by atoms with Gasteiger partial charge >= 0.3 is 0 Å². The Labute approximate surface area is 246 Å². The Morgan fingerprint density at radius 3 is 2.66 bits per heavy atom. The van der Waals surface area contributed by atoms with Gasteiger partial charge in [-0.25, -0.2) is 9.37 Å². The molecular formula is C27H22ClFN6O4S2. The lowest BCUT2D eigenvalue weighted by Crippen LogP contribution is -2.26. The number of amides is 2. The van der Waals surface area contributed by atoms with Crippen LogP contribution >= 0.6 is 34.7 Å². The zero-order valence-electron chi connectivity index (χ0n) is 21.7. The highest BCUT2D eigenvalue weighted by molar-refractivity contribution is 7.99. The van der Waals surface area contributed by atoms with Crippen LogP contribution in [0.3, 0.4) is 0 Å². The molecule has 2 heterocycles. The molecule has 5 rings (SSSR count). The Kier molecular flexibility index (Phi) is 8.67. The molecule has 2 N–H and O–H groups in total. The van der Waals surface area contributed by atoms with Crippen molar-refractivity contribution in [3.05, 3.63) is 82.9 Å². The van der Waals surface area contributed by atoms with Crippen LogP contribution in [0.25, 0.3) is 15.9 Å². The van der Waals surface area contributed by atoms with Crippen LogP contribution in [-0.4, -0.2) is 51.5 Å². The molecule has 0 unspecified atom stereocenters. The van der Waals surface area contributed by atoms with E-state index in [0.717, 1.165) is 28.0 Å². The number of methoxy groups -OCH3 is 2. The Morgan fingerprint density at radius 2 is 1.90 bits per heavy atom. The van der Waals surface area contributed by atoms with Crippen molar-refractivity contribution in [3.8, 4) is 17.2 Å². The molecule has 14 heteroatoms. The third-order valence-electron chi connectivity index (χ3n) is 5.80. The Hall–Kier alpha value is -4.20. The van der Waals surface area contributed by atoms with E-state index in [1.165, 1.54) is 37.7 Å². The summed E-state index contributed by atoms with van der Waals surface area (Å²) in [6, 6.07) is 16.7. The molecule has 0 aliphatic rings. The van der Waals surface area contributed by atoms with Gasteiger partial charge < -0.3 is 20.1 Å². The first-order valence-electron chi connectivity index (χ1n) is 12.0. The number of thiazole rings is 1. The lowest BCUT2D eigenvalue weighted by atomic mass is 10.2. The first-order chi connectivity index (χ1) is 19.9. The van der Waals surface area contributed by atoms with E-state index in [-0.39, 0.29) is 28.8 Å². The van der Waals surface area contributed by atoms with Crippen molar-refractivity contribution in [1.82, 2.24) is 25.1 Å². The number of para-hydroxylation sites is 1. The molecule has 0 saturated heterocycles. The Morgan fingerprint density at radius 1 is 1.07 bits per heavy atom. The molecule has 3 aromatic carbocycles. The second kappa shape index (κ2) is 12.5. The lowest BCUT2D eigenvalue weighted by molar-refractivity contribution is -0.113. The molecule has 0 bridgehead atoms. The number of carbonyl (C=O) groups excluding carboxylic acids is 2. The third kappa shape index (κ3) is 6.26. The molecule has 0 fully saturated rings. The maximum Gasteiger partial charge on any atom is 0.256 e. The van der Waals surface area contributed by atoms with Gasteiger partial charge in [-0.2, -0.15) is 0 Å². The molecule has 0 aliphatic heterocycles. The zero-order chi connectivity index (χ0) is 28.9. The van der Waals surface area contributed by atoms with Gasteiger partial charge in [0.1, 0.15) is 17.3 Å². The van der Waals surface area contributed by atoms with Gasteiger partial charge in [-0.3, -0.25) is 14.2 Å². The number of benzene rings is 3. The normalized spacial score (nSPS) is 10.9. The van der Waals surface area contributed by atoms with Gasteiger partial charge in [-0.05, 0) is 36.4 Å². The van der Waals surface area contributed by atoms with Gasteiger partial charge in [0.2, 0.25) is 5.91 Å². The predicted molar refractivity (Wildman–Crippen MR) is 156 cm³/mol. The minimum atomic E-state index is -0.749. The van der Waals surface area contributed by atoms with Gasteiger partial charge in [0, 0.05) is 6.07 Å². The van der Waals surface area contributed by atoms with Gasteiger partial charge in [0.15, 0.2) is 16.1 Å². The number of carbonyl (C=O) groups is 2. The quantitative estimate of drug-likeness (QED) is 0.203. The van der Waals surface area contributed by atoms with Crippen molar-refractivity contribution in [2.75, 3.05) is 25.3 Å². The van der Waals surface area contributed by atoms with Crippen LogP contribution in [-0.2, 0) is 11.3 Å². The molecule has 10 nitrogen and oxygen atoms in total. The fraction of sp³-hybridized carbons (Fsp3) is 0.148. The first kappa shape index (κ1) is 28.3. The molecule has 0 radical (unpaired) electrons. The number of anilines is 1. The smallest absolute Gasteiger partial charge is 0.256 e. The fourth-order valence-corrected chi connectivity index (χ4v) is 5.79. The highest BCUT2D eigenvalue weighted by Crippen LogP contribution is 2.32. The standard InChI is InChI=1S/C27H22ClFN6O4S2/c1-38-15-10-11-20(39-2)19(12-15)35-22(13-30-25(37)24-16(28)6-5-7-17(24)29)33-34-27(35)40-14-23(36)32-26-31-18-8-3-4-9-21(18)41-26/h3-12H,13-14H2,1-2H3,(H,30,37)(H,31,32,36). The van der Waals surface area contributed by atoms with E-state index in [2.05, 4.69) is 25.8 Å². The summed E-state index contributed by atoms with van der Waals surface area (Å²) < 4.78 is 27.8. The molecule has 41 heavy (non-hydrogen) atoms. The van der Waals surface area contributed by atoms with Crippen LogP contribution < -0.4 is 20.1 Å². The van der Waals surface area contributed by atoms with E-state index in [1.807, 2.05) is 24.3 Å². The second-order valence-electron chi connectivity index (χ2n) is 8.37. The zero-order valence-corrected chi connectivity index (χ0v) is 24.1. The van der Waals surface area contributed by atoms with Crippen LogP contribution in [0.15, 0.2) is 65.8 Å². The first-order valence-corrected chi connectivity index (χ1v) is 14.2. The molecule has 2 aromatic heterocycles. The number of aromatic nitrogens is 4. The Bertz CT molecular complexity index is 1690. The number of thioether (sulfide) groups is 1. The summed E-state index contributed by atoms with van der Waals surface area (Å²) in [4.78, 5) is 30.0. The van der Waals surface area contributed by atoms with Crippen molar-refractivity contribution in [2.45, 2.75) is 11.7 Å². The summed E-state index contributed by atoms with van der Waals surface area (Å²) in [5.41, 5.74) is 1.04. The number of halogens is 2. The lowest BCUT2D eigenvalue weighted by Gasteiger charge is -2.15. The van der Waals surface area contributed by atoms with Gasteiger partial charge in [0.05, 0.1) is 53.0 Å². The van der Waals surface area contributed by atoms with Crippen molar-refractivity contribution < 1.29 is 23.5 Å². The average Bonchev–Trinajstić information content (AvgIpc) is 3.57. The van der Waals surface area contributed by atoms with Crippen LogP contribution in [0, 0.1) is 5.82 Å². The summed E-state index contributed by atoms with van der Waals surface area (Å²) in [5.74, 6) is -0.455. The van der Waals surface area contributed by atoms with E-state index in [9.17, 15) is 14.0 Å². The molecule has 2 amide bonds. The predicted octanol–water partition coefficient (Wildman–Crippen LogP) is 5.35. The minimum absolute atomic E-state index is 0.00244. The molecule has 5 aromatic rings. The number of fused-ring (bicyclic) bond motifs is 1. The highest BCUT2D eigenvalue weighted by Gasteiger charge is 2.22. The highest BCUT2D eigenvalue weighted by atomic mass is 35.5. The van der Waals surface area contributed by atoms with Crippen molar-refractivity contribution in [1.29, 1.82) is 0 Å². The number of hydrogen-bond acceptors (Lipinski definition) is 9. The van der Waals surface area contributed by atoms with E-state index >= 15 is 0 Å². The van der Waals surface area contributed by atoms with E-state index < -0.39 is 11.7 Å². The van der Waals surface area contributed by atoms with Crippen LogP contribution in [0.2, 0.25) is 5.02 Å².